The van der Waals surface area contributed by atoms with Crippen LogP contribution in [0.5, 0.6) is 11.5 Å². The van der Waals surface area contributed by atoms with Gasteiger partial charge in [-0.25, -0.2) is 0 Å². The van der Waals surface area contributed by atoms with Crippen LogP contribution in [-0.2, 0) is 0 Å². The van der Waals surface area contributed by atoms with Crippen molar-refractivity contribution in [1.82, 2.24) is 0 Å². The first-order chi connectivity index (χ1) is 8.70. The molecule has 4 nitrogen and oxygen atoms in total. The Kier molecular flexibility index (Phi) is 3.93. The van der Waals surface area contributed by atoms with Crippen molar-refractivity contribution in [1.29, 1.82) is 5.26 Å². The number of ether oxygens (including phenoxy) is 2. The minimum Gasteiger partial charge on any atom is -0.486 e. The van der Waals surface area contributed by atoms with E-state index in [4.69, 9.17) is 14.7 Å². The molecule has 0 bridgehead atoms. The molecule has 1 heterocycles. The highest BCUT2D eigenvalue weighted by atomic mass is 16.6. The molecule has 2 rings (SSSR count). The van der Waals surface area contributed by atoms with E-state index in [0.717, 1.165) is 17.2 Å². The van der Waals surface area contributed by atoms with Gasteiger partial charge in [-0.2, -0.15) is 5.26 Å². The fraction of sp³-hybridized carbons (Fsp3) is 0.500. The molecule has 0 fully saturated rings. The lowest BCUT2D eigenvalue weighted by molar-refractivity contribution is 0.171. The summed E-state index contributed by atoms with van der Waals surface area (Å²) >= 11 is 0. The zero-order valence-corrected chi connectivity index (χ0v) is 10.8. The van der Waals surface area contributed by atoms with Gasteiger partial charge in [0.1, 0.15) is 13.2 Å². The summed E-state index contributed by atoms with van der Waals surface area (Å²) in [6.07, 6.45) is 0. The average molecular weight is 246 g/mol. The molecular formula is C14H18N2O2. The van der Waals surface area contributed by atoms with Gasteiger partial charge in [-0.3, -0.25) is 0 Å². The van der Waals surface area contributed by atoms with Gasteiger partial charge in [0.05, 0.1) is 12.0 Å². The topological polar surface area (TPSA) is 54.3 Å². The van der Waals surface area contributed by atoms with Crippen molar-refractivity contribution in [3.63, 3.8) is 0 Å². The minimum absolute atomic E-state index is 0.0122. The van der Waals surface area contributed by atoms with Crippen molar-refractivity contribution >= 4 is 5.69 Å². The normalized spacial score (nSPS) is 15.0. The maximum absolute atomic E-state index is 9.03. The van der Waals surface area contributed by atoms with Crippen molar-refractivity contribution in [3.8, 4) is 17.6 Å². The number of hydrogen-bond acceptors (Lipinski definition) is 4. The Morgan fingerprint density at radius 2 is 2.00 bits per heavy atom. The van der Waals surface area contributed by atoms with Crippen LogP contribution in [0.1, 0.15) is 13.8 Å². The van der Waals surface area contributed by atoms with Gasteiger partial charge in [0, 0.05) is 18.3 Å². The SMILES string of the molecule is CC(C)C(C#N)CNc1ccc2c(c1)OCCO2. The standard InChI is InChI=1S/C14H18N2O2/c1-10(2)11(8-15)9-16-12-3-4-13-14(7-12)18-6-5-17-13/h3-4,7,10-11,16H,5-6,9H2,1-2H3. The Bertz CT molecular complexity index is 452. The molecule has 18 heavy (non-hydrogen) atoms. The Morgan fingerprint density at radius 3 is 2.67 bits per heavy atom. The molecule has 0 spiro atoms. The van der Waals surface area contributed by atoms with Gasteiger partial charge >= 0.3 is 0 Å². The van der Waals surface area contributed by atoms with E-state index in [2.05, 4.69) is 25.2 Å². The number of fused-ring (bicyclic) bond motifs is 1. The molecule has 0 saturated carbocycles. The molecular weight excluding hydrogens is 228 g/mol. The number of benzene rings is 1. The molecule has 1 aromatic rings. The Labute approximate surface area is 108 Å². The minimum atomic E-state index is 0.0122. The van der Waals surface area contributed by atoms with Crippen LogP contribution in [-0.4, -0.2) is 19.8 Å². The van der Waals surface area contributed by atoms with Crippen molar-refractivity contribution in [3.05, 3.63) is 18.2 Å². The number of nitrogens with zero attached hydrogens (tertiary/aromatic N) is 1. The van der Waals surface area contributed by atoms with Gasteiger partial charge in [0.2, 0.25) is 0 Å². The molecule has 0 radical (unpaired) electrons. The molecule has 0 amide bonds. The summed E-state index contributed by atoms with van der Waals surface area (Å²) in [5.74, 6) is 1.91. The van der Waals surface area contributed by atoms with Crippen LogP contribution in [0.4, 0.5) is 5.69 Å². The lowest BCUT2D eigenvalue weighted by Crippen LogP contribution is -2.18. The van der Waals surface area contributed by atoms with E-state index in [1.807, 2.05) is 18.2 Å². The van der Waals surface area contributed by atoms with Crippen LogP contribution in [0.15, 0.2) is 18.2 Å². The summed E-state index contributed by atoms with van der Waals surface area (Å²) in [4.78, 5) is 0. The zero-order valence-electron chi connectivity index (χ0n) is 10.8. The van der Waals surface area contributed by atoms with Crippen LogP contribution in [0.3, 0.4) is 0 Å². The van der Waals surface area contributed by atoms with E-state index >= 15 is 0 Å². The fourth-order valence-electron chi connectivity index (χ4n) is 1.81. The van der Waals surface area contributed by atoms with Crippen molar-refractivity contribution in [2.24, 2.45) is 11.8 Å². The second kappa shape index (κ2) is 5.63. The number of nitrogens with one attached hydrogen (secondary N) is 1. The summed E-state index contributed by atoms with van der Waals surface area (Å²) in [5, 5.41) is 12.3. The van der Waals surface area contributed by atoms with Gasteiger partial charge in [0.15, 0.2) is 11.5 Å². The Hall–Kier alpha value is -1.89. The highest BCUT2D eigenvalue weighted by Crippen LogP contribution is 2.32. The monoisotopic (exact) mass is 246 g/mol. The molecule has 1 atom stereocenters. The predicted molar refractivity (Wildman–Crippen MR) is 69.9 cm³/mol. The molecule has 1 unspecified atom stereocenters. The number of hydrogen-bond donors (Lipinski definition) is 1. The first kappa shape index (κ1) is 12.6. The molecule has 1 aromatic carbocycles. The average Bonchev–Trinajstić information content (AvgIpc) is 2.39. The van der Waals surface area contributed by atoms with E-state index in [-0.39, 0.29) is 5.92 Å². The first-order valence-electron chi connectivity index (χ1n) is 6.24. The first-order valence-corrected chi connectivity index (χ1v) is 6.24. The maximum atomic E-state index is 9.03. The van der Waals surface area contributed by atoms with E-state index < -0.39 is 0 Å². The quantitative estimate of drug-likeness (QED) is 0.887. The summed E-state index contributed by atoms with van der Waals surface area (Å²) in [7, 11) is 0. The summed E-state index contributed by atoms with van der Waals surface area (Å²) < 4.78 is 11.0. The van der Waals surface area contributed by atoms with Crippen LogP contribution < -0.4 is 14.8 Å². The maximum Gasteiger partial charge on any atom is 0.163 e. The van der Waals surface area contributed by atoms with Gasteiger partial charge in [-0.15, -0.1) is 0 Å². The Balaban J connectivity index is 2.00. The molecule has 1 aliphatic rings. The van der Waals surface area contributed by atoms with Crippen molar-refractivity contribution < 1.29 is 9.47 Å². The van der Waals surface area contributed by atoms with Gasteiger partial charge in [-0.05, 0) is 18.1 Å². The third-order valence-electron chi connectivity index (χ3n) is 3.04. The van der Waals surface area contributed by atoms with Crippen LogP contribution in [0.25, 0.3) is 0 Å². The number of anilines is 1. The number of rotatable bonds is 4. The smallest absolute Gasteiger partial charge is 0.163 e. The summed E-state index contributed by atoms with van der Waals surface area (Å²) in [5.41, 5.74) is 0.958. The third-order valence-corrected chi connectivity index (χ3v) is 3.04. The van der Waals surface area contributed by atoms with Crippen LogP contribution in [0, 0.1) is 23.2 Å². The Morgan fingerprint density at radius 1 is 1.28 bits per heavy atom. The van der Waals surface area contributed by atoms with Crippen LogP contribution >= 0.6 is 0 Å². The summed E-state index contributed by atoms with van der Waals surface area (Å²) in [6, 6.07) is 8.08. The third kappa shape index (κ3) is 2.86. The van der Waals surface area contributed by atoms with Gasteiger partial charge < -0.3 is 14.8 Å². The number of nitriles is 1. The highest BCUT2D eigenvalue weighted by molar-refractivity contribution is 5.55. The van der Waals surface area contributed by atoms with Crippen molar-refractivity contribution in [2.45, 2.75) is 13.8 Å². The lowest BCUT2D eigenvalue weighted by atomic mass is 9.97. The molecule has 4 heteroatoms. The van der Waals surface area contributed by atoms with E-state index in [1.54, 1.807) is 0 Å². The zero-order chi connectivity index (χ0) is 13.0. The lowest BCUT2D eigenvalue weighted by Gasteiger charge is -2.20. The van der Waals surface area contributed by atoms with Gasteiger partial charge in [0.25, 0.3) is 0 Å². The predicted octanol–water partition coefficient (Wildman–Crippen LogP) is 2.67. The highest BCUT2D eigenvalue weighted by Gasteiger charge is 2.14. The molecule has 0 saturated heterocycles. The second-order valence-electron chi connectivity index (χ2n) is 4.72. The van der Waals surface area contributed by atoms with E-state index in [1.165, 1.54) is 0 Å². The molecule has 1 N–H and O–H groups in total. The largest absolute Gasteiger partial charge is 0.486 e. The van der Waals surface area contributed by atoms with Crippen molar-refractivity contribution in [2.75, 3.05) is 25.1 Å². The van der Waals surface area contributed by atoms with Crippen LogP contribution in [0.2, 0.25) is 0 Å². The molecule has 0 aliphatic carbocycles. The van der Waals surface area contributed by atoms with Gasteiger partial charge in [-0.1, -0.05) is 13.8 Å². The molecule has 96 valence electrons. The molecule has 1 aliphatic heterocycles. The van der Waals surface area contributed by atoms with E-state index in [9.17, 15) is 0 Å². The van der Waals surface area contributed by atoms with E-state index in [0.29, 0.717) is 25.7 Å². The second-order valence-corrected chi connectivity index (χ2v) is 4.72. The molecule has 0 aromatic heterocycles. The fourth-order valence-corrected chi connectivity index (χ4v) is 1.81. The summed E-state index contributed by atoms with van der Waals surface area (Å²) in [6.45, 7) is 5.94.